The molecule has 1 amide bonds. The molecule has 5 nitrogen and oxygen atoms in total. The molecule has 0 saturated carbocycles. The van der Waals surface area contributed by atoms with Gasteiger partial charge in [0.1, 0.15) is 0 Å². The maximum absolute atomic E-state index is 12.4. The maximum atomic E-state index is 12.4. The molecule has 2 aromatic heterocycles. The number of aryl methyl sites for hydroxylation is 6. The summed E-state index contributed by atoms with van der Waals surface area (Å²) in [6, 6.07) is 8.87. The van der Waals surface area contributed by atoms with Gasteiger partial charge in [-0.15, -0.1) is 0 Å². The lowest BCUT2D eigenvalue weighted by Crippen LogP contribution is -2.20. The van der Waals surface area contributed by atoms with Gasteiger partial charge in [0.15, 0.2) is 0 Å². The van der Waals surface area contributed by atoms with Gasteiger partial charge in [-0.1, -0.05) is 33.6 Å². The predicted molar refractivity (Wildman–Crippen MR) is 180 cm³/mol. The first-order valence-electron chi connectivity index (χ1n) is 17.2. The molecule has 0 bridgehead atoms. The zero-order valence-corrected chi connectivity index (χ0v) is 26.7. The molecule has 4 heterocycles. The summed E-state index contributed by atoms with van der Waals surface area (Å²) in [6.45, 7) is 8.70. The molecule has 4 aliphatic rings. The molecular formula is C38H50N4O. The molecule has 5 heteroatoms. The smallest absolute Gasteiger partial charge is 0.224 e. The Labute approximate surface area is 257 Å². The predicted octanol–water partition coefficient (Wildman–Crippen LogP) is 8.67. The number of aromatic nitrogens is 2. The van der Waals surface area contributed by atoms with E-state index in [9.17, 15) is 4.79 Å². The second-order valence-electron chi connectivity index (χ2n) is 14.9. The molecular weight excluding hydrogens is 528 g/mol. The third kappa shape index (κ3) is 5.49. The number of carbonyl (C=O) groups excluding carboxylic acids is 1. The Morgan fingerprint density at radius 3 is 1.81 bits per heavy atom. The van der Waals surface area contributed by atoms with Crippen LogP contribution in [0.15, 0.2) is 24.3 Å². The van der Waals surface area contributed by atoms with Gasteiger partial charge in [-0.3, -0.25) is 4.79 Å². The van der Waals surface area contributed by atoms with Crippen LogP contribution in [0.4, 0.5) is 11.4 Å². The highest BCUT2D eigenvalue weighted by atomic mass is 16.1. The van der Waals surface area contributed by atoms with E-state index in [4.69, 9.17) is 5.73 Å². The van der Waals surface area contributed by atoms with Crippen LogP contribution in [0, 0.1) is 5.41 Å². The van der Waals surface area contributed by atoms with Gasteiger partial charge in [0, 0.05) is 53.0 Å². The molecule has 0 atom stereocenters. The van der Waals surface area contributed by atoms with E-state index < -0.39 is 0 Å². The molecule has 2 aliphatic heterocycles. The van der Waals surface area contributed by atoms with Gasteiger partial charge in [0.05, 0.1) is 11.0 Å². The van der Waals surface area contributed by atoms with E-state index in [1.807, 2.05) is 0 Å². The van der Waals surface area contributed by atoms with Gasteiger partial charge in [-0.25, -0.2) is 0 Å². The number of rotatable bonds is 2. The Morgan fingerprint density at radius 1 is 0.698 bits per heavy atom. The van der Waals surface area contributed by atoms with Crippen LogP contribution in [-0.2, 0) is 56.4 Å². The number of amides is 1. The summed E-state index contributed by atoms with van der Waals surface area (Å²) in [7, 11) is 0. The average molecular weight is 579 g/mol. The van der Waals surface area contributed by atoms with Crippen molar-refractivity contribution in [2.75, 3.05) is 11.1 Å². The Balaban J connectivity index is 0.000000147. The van der Waals surface area contributed by atoms with E-state index in [1.165, 1.54) is 123 Å². The van der Waals surface area contributed by atoms with Crippen LogP contribution in [-0.4, -0.2) is 15.0 Å². The Hall–Kier alpha value is -3.21. The van der Waals surface area contributed by atoms with E-state index in [0.29, 0.717) is 6.42 Å². The van der Waals surface area contributed by atoms with Crippen LogP contribution in [0.3, 0.4) is 0 Å². The van der Waals surface area contributed by atoms with Crippen LogP contribution >= 0.6 is 0 Å². The molecule has 43 heavy (non-hydrogen) atoms. The molecule has 0 unspecified atom stereocenters. The molecule has 4 aromatic rings. The molecule has 0 spiro atoms. The van der Waals surface area contributed by atoms with E-state index in [-0.39, 0.29) is 11.3 Å². The normalized spacial score (nSPS) is 17.8. The molecule has 8 rings (SSSR count). The van der Waals surface area contributed by atoms with Crippen molar-refractivity contribution in [2.45, 2.75) is 130 Å². The number of carbonyl (C=O) groups is 1. The topological polar surface area (TPSA) is 65.0 Å². The number of nitrogen functional groups attached to an aromatic ring is 1. The summed E-state index contributed by atoms with van der Waals surface area (Å²) in [6.07, 6.45) is 18.3. The SMILES string of the molecule is CC(C)(C)CC(=O)Nc1cc2c3c(c1)c1c(n3CCC2)CCCCC1.Nc1cc2c3c(c1)c1c(n3CCC2)CCCCC1. The minimum atomic E-state index is 0.0167. The third-order valence-electron chi connectivity index (χ3n) is 10.2. The average Bonchev–Trinajstić information content (AvgIpc) is 3.18. The minimum Gasteiger partial charge on any atom is -0.399 e. The van der Waals surface area contributed by atoms with Crippen molar-refractivity contribution in [1.82, 2.24) is 9.13 Å². The summed E-state index contributed by atoms with van der Waals surface area (Å²) in [5.41, 5.74) is 20.3. The maximum Gasteiger partial charge on any atom is 0.224 e. The van der Waals surface area contributed by atoms with Gasteiger partial charge in [0.25, 0.3) is 0 Å². The first-order chi connectivity index (χ1) is 20.8. The van der Waals surface area contributed by atoms with Crippen LogP contribution < -0.4 is 11.1 Å². The van der Waals surface area contributed by atoms with Crippen molar-refractivity contribution in [2.24, 2.45) is 5.41 Å². The number of nitrogens with zero attached hydrogens (tertiary/aromatic N) is 2. The highest BCUT2D eigenvalue weighted by Crippen LogP contribution is 2.39. The molecule has 2 aliphatic carbocycles. The van der Waals surface area contributed by atoms with Gasteiger partial charge in [0.2, 0.25) is 5.91 Å². The fraction of sp³-hybridized carbons (Fsp3) is 0.553. The Kier molecular flexibility index (Phi) is 7.55. The van der Waals surface area contributed by atoms with Crippen LogP contribution in [0.1, 0.15) is 112 Å². The summed E-state index contributed by atoms with van der Waals surface area (Å²) >= 11 is 0. The summed E-state index contributed by atoms with van der Waals surface area (Å²) < 4.78 is 5.20. The van der Waals surface area contributed by atoms with Crippen LogP contribution in [0.25, 0.3) is 21.8 Å². The zero-order valence-electron chi connectivity index (χ0n) is 26.7. The van der Waals surface area contributed by atoms with Crippen molar-refractivity contribution in [3.8, 4) is 0 Å². The first kappa shape index (κ1) is 28.6. The number of anilines is 2. The van der Waals surface area contributed by atoms with Gasteiger partial charge >= 0.3 is 0 Å². The van der Waals surface area contributed by atoms with Crippen molar-refractivity contribution in [3.05, 3.63) is 57.9 Å². The molecule has 0 fully saturated rings. The van der Waals surface area contributed by atoms with Gasteiger partial charge in [-0.05, 0) is 129 Å². The summed E-state index contributed by atoms with van der Waals surface area (Å²) in [5, 5.41) is 6.04. The second kappa shape index (κ2) is 11.4. The molecule has 0 radical (unpaired) electrons. The standard InChI is InChI=1S/C22H30N2O.C16H20N2/c1-22(2,3)14-20(25)23-16-12-15-8-7-11-24-19-10-6-4-5-9-17(19)18(13-16)21(15)24;17-12-9-11-5-4-8-18-15-7-3-1-2-6-13(15)14(10-12)16(11)18/h12-13H,4-11,14H2,1-3H3,(H,23,25);9-10H,1-8,17H2. The van der Waals surface area contributed by atoms with Crippen molar-refractivity contribution < 1.29 is 4.79 Å². The highest BCUT2D eigenvalue weighted by Gasteiger charge is 2.25. The largest absolute Gasteiger partial charge is 0.399 e. The number of nitrogens with one attached hydrogen (secondary N) is 1. The quantitative estimate of drug-likeness (QED) is 0.185. The molecule has 2 aromatic carbocycles. The second-order valence-corrected chi connectivity index (χ2v) is 14.9. The number of benzene rings is 2. The number of hydrogen-bond acceptors (Lipinski definition) is 2. The lowest BCUT2D eigenvalue weighted by Gasteiger charge is -2.20. The first-order valence-corrected chi connectivity index (χ1v) is 17.2. The van der Waals surface area contributed by atoms with Crippen molar-refractivity contribution >= 4 is 39.1 Å². The van der Waals surface area contributed by atoms with Gasteiger partial charge in [-0.2, -0.15) is 0 Å². The van der Waals surface area contributed by atoms with Crippen molar-refractivity contribution in [3.63, 3.8) is 0 Å². The lowest BCUT2D eigenvalue weighted by atomic mass is 9.92. The lowest BCUT2D eigenvalue weighted by molar-refractivity contribution is -0.117. The number of hydrogen-bond donors (Lipinski definition) is 2. The summed E-state index contributed by atoms with van der Waals surface area (Å²) in [4.78, 5) is 12.4. The van der Waals surface area contributed by atoms with E-state index in [1.54, 1.807) is 22.5 Å². The zero-order chi connectivity index (χ0) is 29.7. The Bertz CT molecular complexity index is 1700. The number of nitrogens with two attached hydrogens (primary N) is 1. The monoisotopic (exact) mass is 578 g/mol. The van der Waals surface area contributed by atoms with Gasteiger partial charge < -0.3 is 20.2 Å². The molecule has 228 valence electrons. The fourth-order valence-corrected chi connectivity index (χ4v) is 8.58. The Morgan fingerprint density at radius 2 is 1.23 bits per heavy atom. The van der Waals surface area contributed by atoms with E-state index in [2.05, 4.69) is 59.5 Å². The van der Waals surface area contributed by atoms with E-state index >= 15 is 0 Å². The highest BCUT2D eigenvalue weighted by molar-refractivity contribution is 5.97. The summed E-state index contributed by atoms with van der Waals surface area (Å²) in [5.74, 6) is 0.125. The van der Waals surface area contributed by atoms with Crippen LogP contribution in [0.5, 0.6) is 0 Å². The minimum absolute atomic E-state index is 0.0167. The number of fused-ring (bicyclic) bond motifs is 6. The fourth-order valence-electron chi connectivity index (χ4n) is 8.58. The van der Waals surface area contributed by atoms with E-state index in [0.717, 1.165) is 24.3 Å². The molecule has 3 N–H and O–H groups in total. The molecule has 0 saturated heterocycles. The van der Waals surface area contributed by atoms with Crippen molar-refractivity contribution in [1.29, 1.82) is 0 Å². The van der Waals surface area contributed by atoms with Crippen LogP contribution in [0.2, 0.25) is 0 Å². The third-order valence-corrected chi connectivity index (χ3v) is 10.2.